The lowest BCUT2D eigenvalue weighted by atomic mass is 10.0. The molecule has 0 N–H and O–H groups in total. The Hall–Kier alpha value is -4.19. The maximum atomic E-state index is 12.8. The van der Waals surface area contributed by atoms with Gasteiger partial charge in [-0.2, -0.15) is 0 Å². The van der Waals surface area contributed by atoms with E-state index in [4.69, 9.17) is 14.2 Å². The molecule has 0 saturated heterocycles. The second-order valence-corrected chi connectivity index (χ2v) is 15.7. The van der Waals surface area contributed by atoms with Crippen molar-refractivity contribution in [3.8, 4) is 0 Å². The molecule has 0 rings (SSSR count). The zero-order valence-corrected chi connectivity index (χ0v) is 39.6. The van der Waals surface area contributed by atoms with Crippen molar-refractivity contribution in [2.24, 2.45) is 0 Å². The maximum Gasteiger partial charge on any atom is 0.306 e. The van der Waals surface area contributed by atoms with Crippen molar-refractivity contribution in [1.82, 2.24) is 0 Å². The third-order valence-corrected chi connectivity index (χ3v) is 9.85. The smallest absolute Gasteiger partial charge is 0.306 e. The molecule has 0 fully saturated rings. The number of rotatable bonds is 42. The summed E-state index contributed by atoms with van der Waals surface area (Å²) in [6.07, 6.45) is 67.6. The molecule has 0 aromatic rings. The molecule has 6 nitrogen and oxygen atoms in total. The standard InChI is InChI=1S/C56H88O6/c1-4-7-10-13-16-19-22-25-27-29-31-34-37-40-43-46-49-55(58)61-52-53(51-60-54(57)48-45-42-39-36-33-30-24-21-18-15-12-9-6-3)62-56(59)50-47-44-41-38-35-32-28-26-23-20-17-14-11-8-5-2/h7-8,10-11,14,16-17,19-20,23,25-28,31-32,34-35,40,43,53H,4-6,9,12-13,15,18,21-22,24,29-30,33,36-39,41-42,44-52H2,1-3H3/b10-7-,11-8-,17-14-,19-16-,23-20-,27-25-,28-26-,34-31-,35-32-,43-40-. The Morgan fingerprint density at radius 2 is 0.742 bits per heavy atom. The van der Waals surface area contributed by atoms with E-state index in [0.717, 1.165) is 77.0 Å². The van der Waals surface area contributed by atoms with Crippen molar-refractivity contribution < 1.29 is 28.6 Å². The number of carbonyl (C=O) groups excluding carboxylic acids is 3. The number of hydrogen-bond acceptors (Lipinski definition) is 6. The van der Waals surface area contributed by atoms with Gasteiger partial charge in [-0.25, -0.2) is 0 Å². The highest BCUT2D eigenvalue weighted by atomic mass is 16.6. The van der Waals surface area contributed by atoms with E-state index in [1.165, 1.54) is 64.2 Å². The van der Waals surface area contributed by atoms with E-state index in [1.807, 2.05) is 60.8 Å². The van der Waals surface area contributed by atoms with E-state index < -0.39 is 6.10 Å². The molecule has 0 heterocycles. The topological polar surface area (TPSA) is 78.9 Å². The predicted octanol–water partition coefficient (Wildman–Crippen LogP) is 16.1. The van der Waals surface area contributed by atoms with Crippen LogP contribution in [0.15, 0.2) is 122 Å². The molecule has 0 radical (unpaired) electrons. The average Bonchev–Trinajstić information content (AvgIpc) is 3.27. The van der Waals surface area contributed by atoms with Gasteiger partial charge in [-0.3, -0.25) is 14.4 Å². The molecule has 1 unspecified atom stereocenters. The Bertz CT molecular complexity index is 1350. The highest BCUT2D eigenvalue weighted by Gasteiger charge is 2.19. The van der Waals surface area contributed by atoms with E-state index in [0.29, 0.717) is 19.3 Å². The Kier molecular flexibility index (Phi) is 46.1. The molecule has 0 saturated carbocycles. The van der Waals surface area contributed by atoms with Gasteiger partial charge >= 0.3 is 17.9 Å². The van der Waals surface area contributed by atoms with Gasteiger partial charge in [0.05, 0.1) is 0 Å². The lowest BCUT2D eigenvalue weighted by molar-refractivity contribution is -0.166. The van der Waals surface area contributed by atoms with Crippen molar-refractivity contribution >= 4 is 17.9 Å². The molecule has 62 heavy (non-hydrogen) atoms. The first kappa shape index (κ1) is 57.8. The monoisotopic (exact) mass is 857 g/mol. The fourth-order valence-corrected chi connectivity index (χ4v) is 6.22. The third-order valence-electron chi connectivity index (χ3n) is 9.85. The van der Waals surface area contributed by atoms with Crippen molar-refractivity contribution in [2.45, 2.75) is 200 Å². The SMILES string of the molecule is CC\C=C/C=C\C=C/C=C\C=C/CCCCCC(=O)OC(COC(=O)CC/C=C\C/C=C\C/C=C\C/C=C\C/C=C\CC)COC(=O)CCCCCCCCCCCCCCC. The van der Waals surface area contributed by atoms with E-state index in [1.54, 1.807) is 0 Å². The van der Waals surface area contributed by atoms with Crippen LogP contribution in [0.3, 0.4) is 0 Å². The summed E-state index contributed by atoms with van der Waals surface area (Å²) in [4.78, 5) is 37.9. The molecule has 0 bridgehead atoms. The second kappa shape index (κ2) is 49.5. The summed E-state index contributed by atoms with van der Waals surface area (Å²) in [5, 5.41) is 0. The van der Waals surface area contributed by atoms with Crippen LogP contribution in [0.1, 0.15) is 194 Å². The summed E-state index contributed by atoms with van der Waals surface area (Å²) in [7, 11) is 0. The molecule has 1 atom stereocenters. The summed E-state index contributed by atoms with van der Waals surface area (Å²) in [5.74, 6) is -1.06. The zero-order chi connectivity index (χ0) is 45.1. The van der Waals surface area contributed by atoms with Crippen LogP contribution in [0, 0.1) is 0 Å². The highest BCUT2D eigenvalue weighted by molar-refractivity contribution is 5.71. The molecular weight excluding hydrogens is 769 g/mol. The number of unbranched alkanes of at least 4 members (excludes halogenated alkanes) is 15. The molecule has 6 heteroatoms. The largest absolute Gasteiger partial charge is 0.462 e. The zero-order valence-electron chi connectivity index (χ0n) is 39.6. The maximum absolute atomic E-state index is 12.8. The summed E-state index contributed by atoms with van der Waals surface area (Å²) < 4.78 is 16.7. The average molecular weight is 857 g/mol. The Morgan fingerprint density at radius 3 is 1.24 bits per heavy atom. The summed E-state index contributed by atoms with van der Waals surface area (Å²) >= 11 is 0. The third kappa shape index (κ3) is 46.9. The predicted molar refractivity (Wildman–Crippen MR) is 265 cm³/mol. The highest BCUT2D eigenvalue weighted by Crippen LogP contribution is 2.14. The van der Waals surface area contributed by atoms with Gasteiger partial charge in [-0.1, -0.05) is 226 Å². The lowest BCUT2D eigenvalue weighted by Crippen LogP contribution is -2.30. The van der Waals surface area contributed by atoms with Crippen LogP contribution in [0.25, 0.3) is 0 Å². The van der Waals surface area contributed by atoms with Gasteiger partial charge in [-0.05, 0) is 70.6 Å². The van der Waals surface area contributed by atoms with Gasteiger partial charge in [-0.15, -0.1) is 0 Å². The Morgan fingerprint density at radius 1 is 0.355 bits per heavy atom. The van der Waals surface area contributed by atoms with E-state index in [9.17, 15) is 14.4 Å². The first-order valence-corrected chi connectivity index (χ1v) is 24.6. The number of hydrogen-bond donors (Lipinski definition) is 0. The van der Waals surface area contributed by atoms with Crippen LogP contribution in [0.4, 0.5) is 0 Å². The van der Waals surface area contributed by atoms with Gasteiger partial charge in [0.2, 0.25) is 0 Å². The molecule has 0 aliphatic heterocycles. The van der Waals surface area contributed by atoms with Gasteiger partial charge < -0.3 is 14.2 Å². The minimum atomic E-state index is -0.831. The summed E-state index contributed by atoms with van der Waals surface area (Å²) in [6.45, 7) is 6.25. The fraction of sp³-hybridized carbons (Fsp3) is 0.589. The van der Waals surface area contributed by atoms with E-state index in [2.05, 4.69) is 81.5 Å². The van der Waals surface area contributed by atoms with Gasteiger partial charge in [0, 0.05) is 19.3 Å². The molecule has 348 valence electrons. The Labute approximate surface area is 380 Å². The molecular formula is C56H88O6. The summed E-state index contributed by atoms with van der Waals surface area (Å²) in [6, 6.07) is 0. The first-order chi connectivity index (χ1) is 30.5. The van der Waals surface area contributed by atoms with Crippen LogP contribution in [-0.2, 0) is 28.6 Å². The fourth-order valence-electron chi connectivity index (χ4n) is 6.22. The molecule has 0 spiro atoms. The second-order valence-electron chi connectivity index (χ2n) is 15.7. The van der Waals surface area contributed by atoms with Crippen molar-refractivity contribution in [3.63, 3.8) is 0 Å². The van der Waals surface area contributed by atoms with Crippen LogP contribution in [0.2, 0.25) is 0 Å². The Balaban J connectivity index is 4.60. The minimum absolute atomic E-state index is 0.120. The first-order valence-electron chi connectivity index (χ1n) is 24.6. The summed E-state index contributed by atoms with van der Waals surface area (Å²) in [5.41, 5.74) is 0. The van der Waals surface area contributed by atoms with Crippen LogP contribution >= 0.6 is 0 Å². The molecule has 0 aliphatic rings. The van der Waals surface area contributed by atoms with Crippen LogP contribution in [-0.4, -0.2) is 37.2 Å². The van der Waals surface area contributed by atoms with Gasteiger partial charge in [0.25, 0.3) is 0 Å². The van der Waals surface area contributed by atoms with E-state index in [-0.39, 0.29) is 44.0 Å². The van der Waals surface area contributed by atoms with Crippen LogP contribution in [0.5, 0.6) is 0 Å². The molecule has 0 aliphatic carbocycles. The van der Waals surface area contributed by atoms with Gasteiger partial charge in [0.1, 0.15) is 13.2 Å². The quantitative estimate of drug-likeness (QED) is 0.0200. The number of carbonyl (C=O) groups is 3. The molecule has 0 amide bonds. The number of ether oxygens (including phenoxy) is 3. The molecule has 0 aromatic carbocycles. The number of esters is 3. The van der Waals surface area contributed by atoms with Crippen molar-refractivity contribution in [2.75, 3.05) is 13.2 Å². The van der Waals surface area contributed by atoms with Crippen molar-refractivity contribution in [3.05, 3.63) is 122 Å². The number of allylic oxidation sites excluding steroid dienone is 20. The minimum Gasteiger partial charge on any atom is -0.462 e. The normalized spacial score (nSPS) is 13.1. The van der Waals surface area contributed by atoms with E-state index >= 15 is 0 Å². The van der Waals surface area contributed by atoms with Crippen LogP contribution < -0.4 is 0 Å². The van der Waals surface area contributed by atoms with Gasteiger partial charge in [0.15, 0.2) is 6.10 Å². The molecule has 0 aromatic heterocycles. The van der Waals surface area contributed by atoms with Crippen molar-refractivity contribution in [1.29, 1.82) is 0 Å². The lowest BCUT2D eigenvalue weighted by Gasteiger charge is -2.18.